The standard InChI is InChI=1S/C11H9NO3/c1-8-7-10(12(13)14)11(15-8)9-5-3-2-4-6-9/h2-7H,1H3. The van der Waals surface area contributed by atoms with Gasteiger partial charge in [-0.3, -0.25) is 10.1 Å². The van der Waals surface area contributed by atoms with Crippen LogP contribution in [0.25, 0.3) is 11.3 Å². The number of furan rings is 1. The molecule has 0 unspecified atom stereocenters. The van der Waals surface area contributed by atoms with Gasteiger partial charge in [-0.05, 0) is 6.92 Å². The number of hydrogen-bond acceptors (Lipinski definition) is 3. The summed E-state index contributed by atoms with van der Waals surface area (Å²) in [7, 11) is 0. The van der Waals surface area contributed by atoms with Crippen LogP contribution in [-0.4, -0.2) is 4.92 Å². The zero-order valence-corrected chi connectivity index (χ0v) is 8.14. The highest BCUT2D eigenvalue weighted by atomic mass is 16.6. The van der Waals surface area contributed by atoms with E-state index in [1.807, 2.05) is 18.2 Å². The molecule has 0 saturated carbocycles. The predicted octanol–water partition coefficient (Wildman–Crippen LogP) is 3.16. The molecule has 0 bridgehead atoms. The Kier molecular flexibility index (Phi) is 2.25. The summed E-state index contributed by atoms with van der Waals surface area (Å²) in [6.45, 7) is 1.69. The quantitative estimate of drug-likeness (QED) is 0.556. The van der Waals surface area contributed by atoms with Gasteiger partial charge in [0.15, 0.2) is 0 Å². The van der Waals surface area contributed by atoms with E-state index >= 15 is 0 Å². The molecule has 0 aliphatic heterocycles. The van der Waals surface area contributed by atoms with Gasteiger partial charge in [0, 0.05) is 5.56 Å². The van der Waals surface area contributed by atoms with Crippen LogP contribution >= 0.6 is 0 Å². The van der Waals surface area contributed by atoms with Gasteiger partial charge in [-0.2, -0.15) is 0 Å². The molecular formula is C11H9NO3. The van der Waals surface area contributed by atoms with Crippen LogP contribution in [-0.2, 0) is 0 Å². The van der Waals surface area contributed by atoms with Crippen LogP contribution in [0.3, 0.4) is 0 Å². The molecule has 1 aromatic carbocycles. The Morgan fingerprint density at radius 3 is 2.53 bits per heavy atom. The lowest BCUT2D eigenvalue weighted by atomic mass is 10.1. The van der Waals surface area contributed by atoms with Crippen LogP contribution in [0, 0.1) is 17.0 Å². The highest BCUT2D eigenvalue weighted by Crippen LogP contribution is 2.32. The Morgan fingerprint density at radius 2 is 1.93 bits per heavy atom. The van der Waals surface area contributed by atoms with Gasteiger partial charge in [0.05, 0.1) is 11.0 Å². The van der Waals surface area contributed by atoms with Gasteiger partial charge in [0.25, 0.3) is 0 Å². The molecule has 0 saturated heterocycles. The van der Waals surface area contributed by atoms with Crippen molar-refractivity contribution in [2.45, 2.75) is 6.92 Å². The monoisotopic (exact) mass is 203 g/mol. The van der Waals surface area contributed by atoms with Gasteiger partial charge < -0.3 is 4.42 Å². The van der Waals surface area contributed by atoms with E-state index in [1.54, 1.807) is 19.1 Å². The molecule has 0 atom stereocenters. The molecule has 0 radical (unpaired) electrons. The second-order valence-corrected chi connectivity index (χ2v) is 3.19. The predicted molar refractivity (Wildman–Crippen MR) is 55.5 cm³/mol. The topological polar surface area (TPSA) is 56.3 Å². The fraction of sp³-hybridized carbons (Fsp3) is 0.0909. The number of hydrogen-bond donors (Lipinski definition) is 0. The molecule has 4 nitrogen and oxygen atoms in total. The molecule has 1 aromatic heterocycles. The summed E-state index contributed by atoms with van der Waals surface area (Å²) < 4.78 is 5.32. The Balaban J connectivity index is 2.58. The first-order valence-corrected chi connectivity index (χ1v) is 4.49. The smallest absolute Gasteiger partial charge is 0.315 e. The summed E-state index contributed by atoms with van der Waals surface area (Å²) in [5, 5.41) is 10.8. The average Bonchev–Trinajstić information content (AvgIpc) is 2.62. The Morgan fingerprint density at radius 1 is 1.27 bits per heavy atom. The molecule has 4 heteroatoms. The molecule has 76 valence electrons. The number of aryl methyl sites for hydroxylation is 1. The molecule has 0 amide bonds. The first-order chi connectivity index (χ1) is 7.18. The number of rotatable bonds is 2. The van der Waals surface area contributed by atoms with E-state index in [4.69, 9.17) is 4.42 Å². The lowest BCUT2D eigenvalue weighted by Gasteiger charge is -1.95. The van der Waals surface area contributed by atoms with E-state index in [2.05, 4.69) is 0 Å². The summed E-state index contributed by atoms with van der Waals surface area (Å²) in [5.41, 5.74) is 0.732. The van der Waals surface area contributed by atoms with Gasteiger partial charge in [0.1, 0.15) is 5.76 Å². The summed E-state index contributed by atoms with van der Waals surface area (Å²) in [6.07, 6.45) is 0. The van der Waals surface area contributed by atoms with E-state index in [9.17, 15) is 10.1 Å². The van der Waals surface area contributed by atoms with Gasteiger partial charge in [-0.1, -0.05) is 30.3 Å². The van der Waals surface area contributed by atoms with Crippen LogP contribution in [0.4, 0.5) is 5.69 Å². The van der Waals surface area contributed by atoms with Crippen molar-refractivity contribution in [3.05, 3.63) is 52.3 Å². The van der Waals surface area contributed by atoms with Crippen molar-refractivity contribution in [2.75, 3.05) is 0 Å². The average molecular weight is 203 g/mol. The lowest BCUT2D eigenvalue weighted by Crippen LogP contribution is -1.87. The van der Waals surface area contributed by atoms with Gasteiger partial charge in [-0.25, -0.2) is 0 Å². The Labute approximate surface area is 86.3 Å². The van der Waals surface area contributed by atoms with Crippen LogP contribution < -0.4 is 0 Å². The van der Waals surface area contributed by atoms with Crippen LogP contribution in [0.5, 0.6) is 0 Å². The maximum absolute atomic E-state index is 10.8. The maximum atomic E-state index is 10.8. The summed E-state index contributed by atoms with van der Waals surface area (Å²) >= 11 is 0. The highest BCUT2D eigenvalue weighted by Gasteiger charge is 2.20. The van der Waals surface area contributed by atoms with Gasteiger partial charge in [-0.15, -0.1) is 0 Å². The molecule has 1 heterocycles. The minimum atomic E-state index is -0.432. The van der Waals surface area contributed by atoms with Crippen LogP contribution in [0.15, 0.2) is 40.8 Å². The third-order valence-electron chi connectivity index (χ3n) is 2.07. The molecule has 0 fully saturated rings. The zero-order chi connectivity index (χ0) is 10.8. The minimum Gasteiger partial charge on any atom is -0.454 e. The molecule has 2 aromatic rings. The van der Waals surface area contributed by atoms with E-state index in [0.717, 1.165) is 5.56 Å². The number of benzene rings is 1. The highest BCUT2D eigenvalue weighted by molar-refractivity contribution is 5.68. The molecule has 0 aliphatic rings. The van der Waals surface area contributed by atoms with E-state index in [-0.39, 0.29) is 5.69 Å². The molecular weight excluding hydrogens is 194 g/mol. The van der Waals surface area contributed by atoms with Crippen molar-refractivity contribution in [1.82, 2.24) is 0 Å². The SMILES string of the molecule is Cc1cc([N+](=O)[O-])c(-c2ccccc2)o1. The van der Waals surface area contributed by atoms with E-state index < -0.39 is 4.92 Å². The second-order valence-electron chi connectivity index (χ2n) is 3.19. The minimum absolute atomic E-state index is 0.0127. The van der Waals surface area contributed by atoms with Crippen molar-refractivity contribution in [1.29, 1.82) is 0 Å². The number of nitrogens with zero attached hydrogens (tertiary/aromatic N) is 1. The zero-order valence-electron chi connectivity index (χ0n) is 8.14. The Hall–Kier alpha value is -2.10. The first kappa shape index (κ1) is 9.45. The van der Waals surface area contributed by atoms with Crippen molar-refractivity contribution in [3.8, 4) is 11.3 Å². The molecule has 0 spiro atoms. The third-order valence-corrected chi connectivity index (χ3v) is 2.07. The van der Waals surface area contributed by atoms with Gasteiger partial charge >= 0.3 is 5.69 Å². The summed E-state index contributed by atoms with van der Waals surface area (Å²) in [6, 6.07) is 10.5. The fourth-order valence-electron chi connectivity index (χ4n) is 1.43. The number of nitro groups is 1. The largest absolute Gasteiger partial charge is 0.454 e. The summed E-state index contributed by atoms with van der Waals surface area (Å²) in [5.74, 6) is 0.860. The molecule has 0 aliphatic carbocycles. The first-order valence-electron chi connectivity index (χ1n) is 4.49. The summed E-state index contributed by atoms with van der Waals surface area (Å²) in [4.78, 5) is 10.3. The van der Waals surface area contributed by atoms with Crippen molar-refractivity contribution < 1.29 is 9.34 Å². The van der Waals surface area contributed by atoms with Crippen LogP contribution in [0.2, 0.25) is 0 Å². The maximum Gasteiger partial charge on any atom is 0.315 e. The molecule has 2 rings (SSSR count). The van der Waals surface area contributed by atoms with E-state index in [1.165, 1.54) is 6.07 Å². The fourth-order valence-corrected chi connectivity index (χ4v) is 1.43. The Bertz CT molecular complexity index is 488. The van der Waals surface area contributed by atoms with Crippen molar-refractivity contribution >= 4 is 5.69 Å². The second kappa shape index (κ2) is 3.57. The molecule has 0 N–H and O–H groups in total. The normalized spacial score (nSPS) is 10.2. The van der Waals surface area contributed by atoms with Crippen molar-refractivity contribution in [3.63, 3.8) is 0 Å². The molecule has 15 heavy (non-hydrogen) atoms. The van der Waals surface area contributed by atoms with Crippen LogP contribution in [0.1, 0.15) is 5.76 Å². The lowest BCUT2D eigenvalue weighted by molar-refractivity contribution is -0.384. The van der Waals surface area contributed by atoms with Crippen molar-refractivity contribution in [2.24, 2.45) is 0 Å². The van der Waals surface area contributed by atoms with E-state index in [0.29, 0.717) is 11.5 Å². The third kappa shape index (κ3) is 1.74. The van der Waals surface area contributed by atoms with Gasteiger partial charge in [0.2, 0.25) is 5.76 Å².